The second-order valence-corrected chi connectivity index (χ2v) is 6.59. The Morgan fingerprint density at radius 1 is 1.19 bits per heavy atom. The van der Waals surface area contributed by atoms with Crippen molar-refractivity contribution in [1.82, 2.24) is 20.2 Å². The molecule has 0 aliphatic carbocycles. The lowest BCUT2D eigenvalue weighted by Gasteiger charge is -2.36. The van der Waals surface area contributed by atoms with Crippen molar-refractivity contribution in [3.63, 3.8) is 0 Å². The van der Waals surface area contributed by atoms with Gasteiger partial charge in [0.15, 0.2) is 0 Å². The Balaban J connectivity index is 1.53. The number of para-hydroxylation sites is 1. The molecule has 1 aromatic heterocycles. The van der Waals surface area contributed by atoms with E-state index in [1.807, 2.05) is 24.3 Å². The first kappa shape index (κ1) is 16.9. The molecule has 3 aromatic rings. The van der Waals surface area contributed by atoms with Crippen LogP contribution in [0.1, 0.15) is 17.4 Å². The molecule has 1 aliphatic rings. The summed E-state index contributed by atoms with van der Waals surface area (Å²) in [7, 11) is 0. The van der Waals surface area contributed by atoms with E-state index in [4.69, 9.17) is 0 Å². The fourth-order valence-corrected chi connectivity index (χ4v) is 3.56. The van der Waals surface area contributed by atoms with Crippen molar-refractivity contribution in [1.29, 1.82) is 0 Å². The number of halogens is 1. The van der Waals surface area contributed by atoms with Crippen LogP contribution in [-0.2, 0) is 6.42 Å². The van der Waals surface area contributed by atoms with Gasteiger partial charge in [0.1, 0.15) is 11.6 Å². The Bertz CT molecular complexity index is 971. The van der Waals surface area contributed by atoms with Crippen LogP contribution in [0.15, 0.2) is 53.3 Å². The Hall–Kier alpha value is -2.57. The Morgan fingerprint density at radius 3 is 2.96 bits per heavy atom. The van der Waals surface area contributed by atoms with Gasteiger partial charge in [-0.15, -0.1) is 0 Å². The van der Waals surface area contributed by atoms with Crippen LogP contribution in [0, 0.1) is 5.82 Å². The number of rotatable bonds is 4. The molecule has 1 saturated heterocycles. The molecule has 134 valence electrons. The first-order valence-corrected chi connectivity index (χ1v) is 8.89. The molecule has 0 amide bonds. The number of hydrogen-bond acceptors (Lipinski definition) is 4. The molecule has 0 bridgehead atoms. The lowest BCUT2D eigenvalue weighted by molar-refractivity contribution is 0.163. The van der Waals surface area contributed by atoms with E-state index in [0.29, 0.717) is 23.1 Å². The predicted octanol–water partition coefficient (Wildman–Crippen LogP) is 2.25. The van der Waals surface area contributed by atoms with Gasteiger partial charge in [-0.25, -0.2) is 9.37 Å². The highest BCUT2D eigenvalue weighted by atomic mass is 19.1. The van der Waals surface area contributed by atoms with Gasteiger partial charge in [-0.05, 0) is 29.8 Å². The number of aromatic nitrogens is 2. The van der Waals surface area contributed by atoms with Gasteiger partial charge < -0.3 is 10.3 Å². The van der Waals surface area contributed by atoms with Crippen LogP contribution in [0.25, 0.3) is 10.9 Å². The van der Waals surface area contributed by atoms with E-state index in [0.717, 1.165) is 31.7 Å². The summed E-state index contributed by atoms with van der Waals surface area (Å²) in [5.74, 6) is 0.471. The minimum Gasteiger partial charge on any atom is -0.314 e. The van der Waals surface area contributed by atoms with E-state index >= 15 is 0 Å². The molecular formula is C20H21FN4O. The molecular weight excluding hydrogens is 331 g/mol. The minimum atomic E-state index is -0.214. The molecule has 1 aliphatic heterocycles. The topological polar surface area (TPSA) is 61.0 Å². The molecule has 1 fully saturated rings. The van der Waals surface area contributed by atoms with E-state index in [9.17, 15) is 9.18 Å². The quantitative estimate of drug-likeness (QED) is 0.756. The van der Waals surface area contributed by atoms with Crippen LogP contribution in [-0.4, -0.2) is 41.0 Å². The average molecular weight is 352 g/mol. The molecule has 0 saturated carbocycles. The highest BCUT2D eigenvalue weighted by Crippen LogP contribution is 2.23. The van der Waals surface area contributed by atoms with Gasteiger partial charge in [-0.2, -0.15) is 0 Å². The van der Waals surface area contributed by atoms with E-state index in [-0.39, 0.29) is 17.4 Å². The Labute approximate surface area is 150 Å². The van der Waals surface area contributed by atoms with Crippen LogP contribution in [0.4, 0.5) is 4.39 Å². The second kappa shape index (κ2) is 7.35. The van der Waals surface area contributed by atoms with Gasteiger partial charge in [0, 0.05) is 38.6 Å². The number of fused-ring (bicyclic) bond motifs is 1. The number of benzene rings is 2. The fraction of sp³-hybridized carbons (Fsp3) is 0.300. The molecule has 4 rings (SSSR count). The van der Waals surface area contributed by atoms with E-state index in [1.54, 1.807) is 18.2 Å². The molecule has 2 aromatic carbocycles. The molecule has 5 nitrogen and oxygen atoms in total. The van der Waals surface area contributed by atoms with Crippen molar-refractivity contribution in [3.8, 4) is 0 Å². The van der Waals surface area contributed by atoms with Gasteiger partial charge >= 0.3 is 0 Å². The maximum absolute atomic E-state index is 13.6. The SMILES string of the molecule is O=c1[nH]c(CCN2CCNCC2c2cccc(F)c2)nc2ccccc12. The zero-order valence-electron chi connectivity index (χ0n) is 14.4. The first-order chi connectivity index (χ1) is 12.7. The summed E-state index contributed by atoms with van der Waals surface area (Å²) in [4.78, 5) is 22.0. The van der Waals surface area contributed by atoms with E-state index < -0.39 is 0 Å². The maximum atomic E-state index is 13.6. The van der Waals surface area contributed by atoms with Crippen LogP contribution < -0.4 is 10.9 Å². The monoisotopic (exact) mass is 352 g/mol. The number of hydrogen-bond donors (Lipinski definition) is 2. The third kappa shape index (κ3) is 3.52. The summed E-state index contributed by atoms with van der Waals surface area (Å²) in [6, 6.07) is 14.2. The molecule has 2 heterocycles. The standard InChI is InChI=1S/C20H21FN4O/c21-15-5-3-4-14(12-15)18-13-22-9-11-25(18)10-8-19-23-17-7-2-1-6-16(17)20(26)24-19/h1-7,12,18,22H,8-11,13H2,(H,23,24,26). The zero-order chi connectivity index (χ0) is 17.9. The number of piperazine rings is 1. The zero-order valence-corrected chi connectivity index (χ0v) is 14.4. The van der Waals surface area contributed by atoms with Gasteiger partial charge in [0.25, 0.3) is 5.56 Å². The van der Waals surface area contributed by atoms with Crippen molar-refractivity contribution < 1.29 is 4.39 Å². The van der Waals surface area contributed by atoms with Crippen LogP contribution >= 0.6 is 0 Å². The van der Waals surface area contributed by atoms with Crippen molar-refractivity contribution in [2.24, 2.45) is 0 Å². The minimum absolute atomic E-state index is 0.104. The lowest BCUT2D eigenvalue weighted by atomic mass is 10.0. The molecule has 6 heteroatoms. The van der Waals surface area contributed by atoms with Crippen LogP contribution in [0.3, 0.4) is 0 Å². The highest BCUT2D eigenvalue weighted by molar-refractivity contribution is 5.77. The molecule has 1 unspecified atom stereocenters. The molecule has 1 atom stereocenters. The largest absolute Gasteiger partial charge is 0.314 e. The van der Waals surface area contributed by atoms with Crippen LogP contribution in [0.2, 0.25) is 0 Å². The molecule has 2 N–H and O–H groups in total. The number of nitrogens with zero attached hydrogens (tertiary/aromatic N) is 2. The molecule has 26 heavy (non-hydrogen) atoms. The van der Waals surface area contributed by atoms with E-state index in [2.05, 4.69) is 20.2 Å². The maximum Gasteiger partial charge on any atom is 0.258 e. The summed E-state index contributed by atoms with van der Waals surface area (Å²) < 4.78 is 13.6. The summed E-state index contributed by atoms with van der Waals surface area (Å²) in [6.45, 7) is 3.31. The predicted molar refractivity (Wildman–Crippen MR) is 99.7 cm³/mol. The Kier molecular flexibility index (Phi) is 4.77. The highest BCUT2D eigenvalue weighted by Gasteiger charge is 2.24. The second-order valence-electron chi connectivity index (χ2n) is 6.59. The third-order valence-corrected chi connectivity index (χ3v) is 4.89. The summed E-state index contributed by atoms with van der Waals surface area (Å²) in [6.07, 6.45) is 0.645. The number of nitrogens with one attached hydrogen (secondary N) is 2. The average Bonchev–Trinajstić information content (AvgIpc) is 2.67. The summed E-state index contributed by atoms with van der Waals surface area (Å²) >= 11 is 0. The smallest absolute Gasteiger partial charge is 0.258 e. The third-order valence-electron chi connectivity index (χ3n) is 4.89. The van der Waals surface area contributed by atoms with Crippen LogP contribution in [0.5, 0.6) is 0 Å². The number of H-pyrrole nitrogens is 1. The lowest BCUT2D eigenvalue weighted by Crippen LogP contribution is -2.46. The molecule has 0 radical (unpaired) electrons. The normalized spacial score (nSPS) is 18.3. The van der Waals surface area contributed by atoms with Crippen molar-refractivity contribution in [3.05, 3.63) is 76.1 Å². The van der Waals surface area contributed by atoms with Gasteiger partial charge in [-0.3, -0.25) is 9.69 Å². The van der Waals surface area contributed by atoms with Gasteiger partial charge in [-0.1, -0.05) is 24.3 Å². The molecule has 0 spiro atoms. The van der Waals surface area contributed by atoms with Crippen molar-refractivity contribution >= 4 is 10.9 Å². The summed E-state index contributed by atoms with van der Waals surface area (Å²) in [5, 5.41) is 3.98. The van der Waals surface area contributed by atoms with Crippen molar-refractivity contribution in [2.45, 2.75) is 12.5 Å². The van der Waals surface area contributed by atoms with Gasteiger partial charge in [0.05, 0.1) is 10.9 Å². The van der Waals surface area contributed by atoms with E-state index in [1.165, 1.54) is 6.07 Å². The fourth-order valence-electron chi connectivity index (χ4n) is 3.56. The summed E-state index contributed by atoms with van der Waals surface area (Å²) in [5.41, 5.74) is 1.58. The Morgan fingerprint density at radius 2 is 2.08 bits per heavy atom. The van der Waals surface area contributed by atoms with Gasteiger partial charge in [0.2, 0.25) is 0 Å². The number of aromatic amines is 1. The first-order valence-electron chi connectivity index (χ1n) is 8.89. The van der Waals surface area contributed by atoms with Crippen molar-refractivity contribution in [2.75, 3.05) is 26.2 Å².